The van der Waals surface area contributed by atoms with Crippen LogP contribution in [0.3, 0.4) is 0 Å². The highest BCUT2D eigenvalue weighted by Crippen LogP contribution is 2.16. The van der Waals surface area contributed by atoms with Gasteiger partial charge in [-0.05, 0) is 38.3 Å². The molecule has 0 atom stereocenters. The molecule has 0 spiro atoms. The molecule has 1 aliphatic rings. The van der Waals surface area contributed by atoms with Crippen molar-refractivity contribution in [2.24, 2.45) is 5.92 Å². The Morgan fingerprint density at radius 2 is 2.00 bits per heavy atom. The Hall–Kier alpha value is -0.330. The maximum absolute atomic E-state index is 10.8. The van der Waals surface area contributed by atoms with Crippen LogP contribution in [0.15, 0.2) is 0 Å². The highest BCUT2D eigenvalue weighted by molar-refractivity contribution is 8.25. The zero-order chi connectivity index (χ0) is 11.3. The van der Waals surface area contributed by atoms with E-state index in [1.807, 2.05) is 0 Å². The summed E-state index contributed by atoms with van der Waals surface area (Å²) < 4.78 is 25.5. The Morgan fingerprint density at radius 3 is 2.53 bits per heavy atom. The molecule has 0 unspecified atom stereocenters. The molecule has 1 rings (SSSR count). The Balaban J connectivity index is 2.18. The molecule has 7 heteroatoms. The monoisotopic (exact) mass is 255 g/mol. The first-order chi connectivity index (χ1) is 7.00. The summed E-state index contributed by atoms with van der Waals surface area (Å²) in [5.74, 6) is 0.497. The van der Waals surface area contributed by atoms with Crippen molar-refractivity contribution in [3.05, 3.63) is 0 Å². The van der Waals surface area contributed by atoms with Gasteiger partial charge in [-0.1, -0.05) is 0 Å². The summed E-state index contributed by atoms with van der Waals surface area (Å²) in [4.78, 5) is 10.8. The Kier molecular flexibility index (Phi) is 4.82. The maximum atomic E-state index is 10.8. The lowest BCUT2D eigenvalue weighted by molar-refractivity contribution is 0.159. The second-order valence-electron chi connectivity index (χ2n) is 3.52. The topological polar surface area (TPSA) is 72.5 Å². The van der Waals surface area contributed by atoms with Gasteiger partial charge in [0.05, 0.1) is 6.61 Å². The van der Waals surface area contributed by atoms with E-state index in [9.17, 15) is 13.2 Å². The zero-order valence-electron chi connectivity index (χ0n) is 8.24. The van der Waals surface area contributed by atoms with Gasteiger partial charge in [-0.2, -0.15) is 8.42 Å². The highest BCUT2D eigenvalue weighted by Gasteiger charge is 2.21. The molecule has 0 aromatic rings. The second kappa shape index (κ2) is 5.67. The standard InChI is InChI=1S/C8H14ClNO4S/c9-15(12,13)8(11)14-6-3-7-1-4-10-5-2-7/h7,10H,1-6H2. The number of rotatable bonds is 3. The molecule has 0 amide bonds. The molecular formula is C8H14ClNO4S. The molecule has 88 valence electrons. The van der Waals surface area contributed by atoms with Crippen molar-refractivity contribution in [2.75, 3.05) is 19.7 Å². The fourth-order valence-corrected chi connectivity index (χ4v) is 1.91. The van der Waals surface area contributed by atoms with Crippen LogP contribution in [0, 0.1) is 5.92 Å². The molecule has 0 bridgehead atoms. The minimum Gasteiger partial charge on any atom is -0.453 e. The molecule has 1 heterocycles. The van der Waals surface area contributed by atoms with Gasteiger partial charge in [0.25, 0.3) is 0 Å². The number of hydrogen-bond acceptors (Lipinski definition) is 5. The summed E-state index contributed by atoms with van der Waals surface area (Å²) in [6.07, 6.45) is 2.76. The van der Waals surface area contributed by atoms with Crippen molar-refractivity contribution < 1.29 is 17.9 Å². The van der Waals surface area contributed by atoms with Crippen LogP contribution in [0.5, 0.6) is 0 Å². The van der Waals surface area contributed by atoms with Crippen LogP contribution < -0.4 is 5.32 Å². The van der Waals surface area contributed by atoms with Crippen molar-refractivity contribution in [1.29, 1.82) is 0 Å². The molecule has 1 aliphatic heterocycles. The normalized spacial score (nSPS) is 18.7. The van der Waals surface area contributed by atoms with Crippen molar-refractivity contribution >= 4 is 25.0 Å². The van der Waals surface area contributed by atoms with Gasteiger partial charge in [0, 0.05) is 10.7 Å². The summed E-state index contributed by atoms with van der Waals surface area (Å²) in [5.41, 5.74) is 0. The number of carbonyl (C=O) groups excluding carboxylic acids is 1. The molecule has 0 aromatic carbocycles. The Labute approximate surface area is 93.5 Å². The predicted octanol–water partition coefficient (Wildman–Crippen LogP) is 1.08. The predicted molar refractivity (Wildman–Crippen MR) is 56.3 cm³/mol. The first kappa shape index (κ1) is 12.7. The van der Waals surface area contributed by atoms with Gasteiger partial charge in [0.15, 0.2) is 0 Å². The van der Waals surface area contributed by atoms with Crippen LogP contribution in [0.1, 0.15) is 19.3 Å². The first-order valence-corrected chi connectivity index (χ1v) is 7.13. The van der Waals surface area contributed by atoms with Crippen LogP contribution in [0.2, 0.25) is 0 Å². The molecule has 0 aromatic heterocycles. The van der Waals surface area contributed by atoms with E-state index in [1.54, 1.807) is 0 Å². The third-order valence-corrected chi connectivity index (χ3v) is 3.30. The number of piperidine rings is 1. The summed E-state index contributed by atoms with van der Waals surface area (Å²) in [5, 5.41) is 1.86. The van der Waals surface area contributed by atoms with E-state index in [-0.39, 0.29) is 6.61 Å². The van der Waals surface area contributed by atoms with E-state index in [0.717, 1.165) is 25.9 Å². The van der Waals surface area contributed by atoms with Gasteiger partial charge in [-0.15, -0.1) is 0 Å². The van der Waals surface area contributed by atoms with Gasteiger partial charge in [-0.25, -0.2) is 4.79 Å². The van der Waals surface area contributed by atoms with Crippen molar-refractivity contribution in [3.8, 4) is 0 Å². The van der Waals surface area contributed by atoms with Gasteiger partial charge in [0.2, 0.25) is 0 Å². The van der Waals surface area contributed by atoms with Gasteiger partial charge in [0.1, 0.15) is 0 Å². The Morgan fingerprint density at radius 1 is 1.40 bits per heavy atom. The molecule has 1 saturated heterocycles. The van der Waals surface area contributed by atoms with Gasteiger partial charge in [-0.3, -0.25) is 0 Å². The summed E-state index contributed by atoms with van der Waals surface area (Å²) >= 11 is 0. The Bertz CT molecular complexity index is 311. The molecule has 1 fully saturated rings. The third-order valence-electron chi connectivity index (χ3n) is 2.40. The molecule has 1 N–H and O–H groups in total. The lowest BCUT2D eigenvalue weighted by atomic mass is 9.95. The molecule has 0 radical (unpaired) electrons. The largest absolute Gasteiger partial charge is 0.453 e. The zero-order valence-corrected chi connectivity index (χ0v) is 9.81. The molecule has 0 saturated carbocycles. The highest BCUT2D eigenvalue weighted by atomic mass is 35.7. The summed E-state index contributed by atoms with van der Waals surface area (Å²) in [6, 6.07) is 0. The fourth-order valence-electron chi connectivity index (χ4n) is 1.55. The number of carbonyl (C=O) groups is 1. The van der Waals surface area contributed by atoms with Crippen LogP contribution >= 0.6 is 10.7 Å². The quantitative estimate of drug-likeness (QED) is 0.604. The van der Waals surface area contributed by atoms with Crippen molar-refractivity contribution in [3.63, 3.8) is 0 Å². The molecule has 5 nitrogen and oxygen atoms in total. The SMILES string of the molecule is O=C(OCCC1CCNCC1)S(=O)(=O)Cl. The molecular weight excluding hydrogens is 242 g/mol. The summed E-state index contributed by atoms with van der Waals surface area (Å²) in [6.45, 7) is 2.05. The first-order valence-electron chi connectivity index (χ1n) is 4.82. The second-order valence-corrected chi connectivity index (χ2v) is 5.95. The van der Waals surface area contributed by atoms with Gasteiger partial charge < -0.3 is 10.1 Å². The minimum absolute atomic E-state index is 0.120. The van der Waals surface area contributed by atoms with Crippen LogP contribution in [-0.4, -0.2) is 33.4 Å². The van der Waals surface area contributed by atoms with Crippen molar-refractivity contribution in [1.82, 2.24) is 5.32 Å². The number of halogens is 1. The van der Waals surface area contributed by atoms with E-state index in [4.69, 9.17) is 10.7 Å². The minimum atomic E-state index is -4.21. The summed E-state index contributed by atoms with van der Waals surface area (Å²) in [7, 11) is 0.586. The molecule has 15 heavy (non-hydrogen) atoms. The average molecular weight is 256 g/mol. The molecule has 0 aliphatic carbocycles. The number of hydrogen-bond donors (Lipinski definition) is 1. The van der Waals surface area contributed by atoms with E-state index in [2.05, 4.69) is 10.1 Å². The van der Waals surface area contributed by atoms with Crippen LogP contribution in [0.25, 0.3) is 0 Å². The smallest absolute Gasteiger partial charge is 0.440 e. The number of nitrogens with one attached hydrogen (secondary N) is 1. The average Bonchev–Trinajstić information content (AvgIpc) is 2.18. The van der Waals surface area contributed by atoms with Crippen molar-refractivity contribution in [2.45, 2.75) is 19.3 Å². The maximum Gasteiger partial charge on any atom is 0.440 e. The van der Waals surface area contributed by atoms with Gasteiger partial charge >= 0.3 is 14.4 Å². The lowest BCUT2D eigenvalue weighted by Gasteiger charge is -2.21. The fraction of sp³-hybridized carbons (Fsp3) is 0.875. The van der Waals surface area contributed by atoms with E-state index >= 15 is 0 Å². The van der Waals surface area contributed by atoms with E-state index < -0.39 is 14.4 Å². The van der Waals surface area contributed by atoms with E-state index in [0.29, 0.717) is 12.3 Å². The third kappa shape index (κ3) is 4.81. The lowest BCUT2D eigenvalue weighted by Crippen LogP contribution is -2.28. The number of ether oxygens (including phenoxy) is 1. The van der Waals surface area contributed by atoms with Crippen LogP contribution in [0.4, 0.5) is 4.79 Å². The van der Waals surface area contributed by atoms with Crippen LogP contribution in [-0.2, 0) is 13.8 Å². The van der Waals surface area contributed by atoms with E-state index in [1.165, 1.54) is 0 Å².